The Morgan fingerprint density at radius 1 is 0.694 bits per heavy atom. The third-order valence-electron chi connectivity index (χ3n) is 12.6. The van der Waals surface area contributed by atoms with Gasteiger partial charge in [-0.25, -0.2) is 33.5 Å². The third kappa shape index (κ3) is 13.8. The van der Waals surface area contributed by atoms with Gasteiger partial charge in [0, 0.05) is 40.9 Å². The zero-order valence-electron chi connectivity index (χ0n) is 40.1. The first-order valence-corrected chi connectivity index (χ1v) is 23.9. The van der Waals surface area contributed by atoms with E-state index in [1.165, 1.54) is 47.0 Å². The van der Waals surface area contributed by atoms with Gasteiger partial charge in [0.2, 0.25) is 11.9 Å². The molecule has 19 heteroatoms. The minimum Gasteiger partial charge on any atom is -0.478 e. The second-order valence-electron chi connectivity index (χ2n) is 17.5. The topological polar surface area (TPSA) is 220 Å². The number of nitrogens with zero attached hydrogens (tertiary/aromatic N) is 4. The number of nitrogens with two attached hydrogens (primary N) is 3. The number of aromatic carboxylic acids is 1. The van der Waals surface area contributed by atoms with E-state index >= 15 is 0 Å². The fourth-order valence-electron chi connectivity index (χ4n) is 9.04. The Morgan fingerprint density at radius 2 is 1.15 bits per heavy atom. The molecule has 4 aliphatic rings. The molecule has 6 aromatic rings. The number of rotatable bonds is 9. The molecule has 13 nitrogen and oxygen atoms in total. The zero-order valence-corrected chi connectivity index (χ0v) is 41.4. The normalized spacial score (nSPS) is 18.4. The molecular formula is C53H56Cl3F3N10O3. The number of amides is 1. The number of carboxylic acid groups (broad SMARTS) is 1. The van der Waals surface area contributed by atoms with Crippen LogP contribution in [0.4, 0.5) is 36.4 Å². The van der Waals surface area contributed by atoms with Crippen LogP contribution in [0, 0.1) is 11.6 Å². The minimum absolute atomic E-state index is 0. The van der Waals surface area contributed by atoms with E-state index in [2.05, 4.69) is 74.5 Å². The van der Waals surface area contributed by atoms with Crippen molar-refractivity contribution in [3.63, 3.8) is 0 Å². The summed E-state index contributed by atoms with van der Waals surface area (Å²) in [6.45, 7) is 0. The van der Waals surface area contributed by atoms with Crippen LogP contribution in [-0.4, -0.2) is 68.2 Å². The maximum atomic E-state index is 13.7. The third-order valence-corrected chi connectivity index (χ3v) is 13.1. The lowest BCUT2D eigenvalue weighted by atomic mass is 9.91. The number of hydrogen-bond donors (Lipinski definition) is 7. The quantitative estimate of drug-likeness (QED) is 0.0673. The summed E-state index contributed by atoms with van der Waals surface area (Å²) in [5.74, 6) is -1.61. The van der Waals surface area contributed by atoms with Gasteiger partial charge in [-0.3, -0.25) is 9.18 Å². The maximum absolute atomic E-state index is 13.7. The van der Waals surface area contributed by atoms with E-state index in [-0.39, 0.29) is 58.9 Å². The van der Waals surface area contributed by atoms with Gasteiger partial charge >= 0.3 is 5.97 Å². The fourth-order valence-corrected chi connectivity index (χ4v) is 9.42. The highest BCUT2D eigenvalue weighted by molar-refractivity contribution is 6.32. The van der Waals surface area contributed by atoms with E-state index in [4.69, 9.17) is 56.8 Å². The van der Waals surface area contributed by atoms with E-state index in [1.54, 1.807) is 12.4 Å². The number of nitrogen functional groups attached to an aromatic ring is 2. The van der Waals surface area contributed by atoms with Gasteiger partial charge in [0.1, 0.15) is 11.6 Å². The predicted molar refractivity (Wildman–Crippen MR) is 282 cm³/mol. The predicted octanol–water partition coefficient (Wildman–Crippen LogP) is 10.9. The van der Waals surface area contributed by atoms with Crippen molar-refractivity contribution >= 4 is 81.9 Å². The van der Waals surface area contributed by atoms with E-state index in [1.807, 2.05) is 12.1 Å². The Morgan fingerprint density at radius 3 is 1.65 bits per heavy atom. The number of aromatic nitrogens is 4. The van der Waals surface area contributed by atoms with E-state index < -0.39 is 24.8 Å². The Kier molecular flexibility index (Phi) is 18.9. The SMILES string of the molecule is Cl.N[C@H]1CCC[C@@H](Nc2ncc(Cl)c(C3=CCc4ccccc43)n2)C1.Nc1ccc(C(=O)N[C@H]2CCC[C@@H](Nc3ncc(Cl)c(C4=CCc5ccccc54)n3)C2)cc1F.Nc1ccc(C(=O)O)cc1F.[2H]CF. The van der Waals surface area contributed by atoms with Crippen LogP contribution < -0.4 is 33.2 Å². The Labute approximate surface area is 433 Å². The number of halogens is 6. The van der Waals surface area contributed by atoms with Crippen molar-refractivity contribution in [1.82, 2.24) is 25.3 Å². The molecule has 0 bridgehead atoms. The Bertz CT molecular complexity index is 2970. The molecular weight excluding hydrogens is 988 g/mol. The van der Waals surface area contributed by atoms with Crippen LogP contribution in [0.2, 0.25) is 10.0 Å². The summed E-state index contributed by atoms with van der Waals surface area (Å²) in [5, 5.41) is 19.4. The number of hydrogen-bond acceptors (Lipinski definition) is 11. The first-order chi connectivity index (χ1) is 34.7. The van der Waals surface area contributed by atoms with Crippen molar-refractivity contribution in [2.45, 2.75) is 88.4 Å². The number of benzene rings is 4. The number of anilines is 4. The van der Waals surface area contributed by atoms with Crippen molar-refractivity contribution in [3.8, 4) is 0 Å². The van der Waals surface area contributed by atoms with Crippen molar-refractivity contribution in [2.24, 2.45) is 5.73 Å². The molecule has 2 fully saturated rings. The number of carboxylic acids is 1. The molecule has 4 aromatic carbocycles. The van der Waals surface area contributed by atoms with E-state index in [9.17, 15) is 22.8 Å². The largest absolute Gasteiger partial charge is 0.478 e. The maximum Gasteiger partial charge on any atom is 0.335 e. The molecule has 378 valence electrons. The van der Waals surface area contributed by atoms with E-state index in [0.717, 1.165) is 98.4 Å². The van der Waals surface area contributed by atoms with Crippen LogP contribution in [0.25, 0.3) is 11.1 Å². The highest BCUT2D eigenvalue weighted by Gasteiger charge is 2.27. The summed E-state index contributed by atoms with van der Waals surface area (Å²) in [5.41, 5.74) is 25.4. The van der Waals surface area contributed by atoms with Crippen LogP contribution in [0.15, 0.2) is 109 Å². The number of carbonyl (C=O) groups is 2. The summed E-state index contributed by atoms with van der Waals surface area (Å²) >= 11 is 12.9. The first kappa shape index (κ1) is 53.1. The Hall–Kier alpha value is -6.72. The molecule has 0 aliphatic heterocycles. The van der Waals surface area contributed by atoms with Gasteiger partial charge < -0.3 is 38.3 Å². The zero-order chi connectivity index (χ0) is 51.3. The fraction of sp³-hybridized carbons (Fsp3) is 0.283. The van der Waals surface area contributed by atoms with Crippen molar-refractivity contribution in [1.29, 1.82) is 0 Å². The molecule has 0 radical (unpaired) electrons. The highest BCUT2D eigenvalue weighted by Crippen LogP contribution is 2.37. The molecule has 0 unspecified atom stereocenters. The van der Waals surface area contributed by atoms with Crippen LogP contribution >= 0.6 is 35.6 Å². The van der Waals surface area contributed by atoms with Gasteiger partial charge in [-0.1, -0.05) is 83.9 Å². The average Bonchev–Trinajstić information content (AvgIpc) is 4.00. The van der Waals surface area contributed by atoms with Gasteiger partial charge in [0.05, 0.1) is 59.3 Å². The number of carbonyl (C=O) groups excluding carboxylic acids is 1. The molecule has 72 heavy (non-hydrogen) atoms. The van der Waals surface area contributed by atoms with Gasteiger partial charge in [-0.05, 0) is 123 Å². The summed E-state index contributed by atoms with van der Waals surface area (Å²) in [4.78, 5) is 41.0. The lowest BCUT2D eigenvalue weighted by Crippen LogP contribution is -2.42. The second kappa shape index (κ2) is 25.6. The number of fused-ring (bicyclic) bond motifs is 2. The molecule has 1 amide bonds. The van der Waals surface area contributed by atoms with Crippen molar-refractivity contribution < 1.29 is 29.2 Å². The Balaban J connectivity index is 0.000000193. The number of alkyl halides is 1. The van der Waals surface area contributed by atoms with Crippen molar-refractivity contribution in [2.75, 3.05) is 29.3 Å². The standard InChI is InChI=1S/C26H25ClFN5O.C19H21ClN4.C7H6FNO2.CH3F.ClH/c27-21-14-30-26(33-24(21)20-10-8-15-4-1-2-7-19(15)20)32-18-6-3-5-17(13-18)31-25(34)16-9-11-23(29)22(28)12-16;20-17-11-22-19(23-14-6-3-5-13(21)10-14)24-18(17)16-9-8-12-4-1-2-7-15(12)16;8-5-3-4(7(10)11)1-2-6(5)9;1-2;/h1-2,4,7,9-12,14,17-18H,3,5-6,8,13,29H2,(H,31,34)(H,30,32,33);1-2,4,7,9,11,13-14H,3,5-6,8,10,21H2,(H,22,23,24);1-3H,9H2,(H,10,11);1H3;1H/t17-,18+;13-,14+;;;/m00.../s1/i;;;1D;. The molecule has 2 aromatic heterocycles. The monoisotopic (exact) mass is 1040 g/mol. The first-order valence-electron chi connectivity index (χ1n) is 23.8. The molecule has 2 saturated carbocycles. The number of nitrogens with one attached hydrogen (secondary N) is 3. The minimum atomic E-state index is -1.16. The molecule has 2 heterocycles. The van der Waals surface area contributed by atoms with Gasteiger partial charge in [-0.15, -0.1) is 12.4 Å². The van der Waals surface area contributed by atoms with Gasteiger partial charge in [0.25, 0.3) is 5.91 Å². The highest BCUT2D eigenvalue weighted by atomic mass is 35.5. The van der Waals surface area contributed by atoms with E-state index in [0.29, 0.717) is 28.0 Å². The van der Waals surface area contributed by atoms with Crippen molar-refractivity contribution in [3.05, 3.63) is 176 Å². The second-order valence-corrected chi connectivity index (χ2v) is 18.3. The lowest BCUT2D eigenvalue weighted by Gasteiger charge is -2.30. The summed E-state index contributed by atoms with van der Waals surface area (Å²) < 4.78 is 41.8. The van der Waals surface area contributed by atoms with Gasteiger partial charge in [-0.2, -0.15) is 0 Å². The number of allylic oxidation sites excluding steroid dienone is 2. The van der Waals surface area contributed by atoms with Crippen LogP contribution in [0.1, 0.15) is 107 Å². The van der Waals surface area contributed by atoms with Gasteiger partial charge in [0.15, 0.2) is 0 Å². The molecule has 4 atom stereocenters. The lowest BCUT2D eigenvalue weighted by molar-refractivity contribution is 0.0696. The summed E-state index contributed by atoms with van der Waals surface area (Å²) in [7, 11) is -1.00. The smallest absolute Gasteiger partial charge is 0.335 e. The molecule has 10 N–H and O–H groups in total. The summed E-state index contributed by atoms with van der Waals surface area (Å²) in [6, 6.07) is 24.8. The average molecular weight is 1050 g/mol. The molecule has 0 saturated heterocycles. The van der Waals surface area contributed by atoms with Crippen LogP contribution in [-0.2, 0) is 12.8 Å². The molecule has 0 spiro atoms. The molecule has 10 rings (SSSR count). The summed E-state index contributed by atoms with van der Waals surface area (Å²) in [6.07, 6.45) is 17.2. The van der Waals surface area contributed by atoms with Crippen LogP contribution in [0.3, 0.4) is 0 Å². The van der Waals surface area contributed by atoms with Crippen LogP contribution in [0.5, 0.6) is 0 Å². The molecule has 4 aliphatic carbocycles.